The number of halogens is 1. The van der Waals surface area contributed by atoms with Gasteiger partial charge in [0.05, 0.1) is 32.7 Å². The van der Waals surface area contributed by atoms with Crippen molar-refractivity contribution in [3.8, 4) is 0 Å². The number of aromatic nitrogens is 2. The van der Waals surface area contributed by atoms with E-state index in [4.69, 9.17) is 0 Å². The van der Waals surface area contributed by atoms with Crippen molar-refractivity contribution in [1.29, 1.82) is 0 Å². The number of rotatable bonds is 6. The maximum atomic E-state index is 12.8. The number of piperidine rings is 1. The molecule has 0 aliphatic carbocycles. The first-order valence-electron chi connectivity index (χ1n) is 9.27. The van der Waals surface area contributed by atoms with Crippen LogP contribution in [0.15, 0.2) is 39.8 Å². The van der Waals surface area contributed by atoms with Crippen LogP contribution in [0.1, 0.15) is 18.5 Å². The average Bonchev–Trinajstić information content (AvgIpc) is 3.05. The van der Waals surface area contributed by atoms with E-state index in [0.29, 0.717) is 19.4 Å². The Morgan fingerprint density at radius 1 is 1.30 bits per heavy atom. The zero-order valence-electron chi connectivity index (χ0n) is 16.6. The van der Waals surface area contributed by atoms with Gasteiger partial charge in [0, 0.05) is 45.2 Å². The molecule has 10 nitrogen and oxygen atoms in total. The van der Waals surface area contributed by atoms with Gasteiger partial charge in [0.25, 0.3) is 5.69 Å². The predicted octanol–water partition coefficient (Wildman–Crippen LogP) is 2.15. The number of aryl methyl sites for hydroxylation is 1. The molecule has 162 valence electrons. The van der Waals surface area contributed by atoms with Crippen LogP contribution < -0.4 is 0 Å². The normalized spacial score (nSPS) is 15.8. The number of benzene rings is 1. The SMILES string of the molecule is CN(Cc1c(Br)cnn1C)C(=O)C1CCN(S(=O)(=O)c2ccc([N+](=O)[O-])cc2)CC1. The second-order valence-corrected chi connectivity index (χ2v) is 9.98. The van der Waals surface area contributed by atoms with E-state index in [1.807, 2.05) is 0 Å². The van der Waals surface area contributed by atoms with Gasteiger partial charge < -0.3 is 4.90 Å². The Balaban J connectivity index is 1.62. The molecule has 0 N–H and O–H groups in total. The van der Waals surface area contributed by atoms with Crippen LogP contribution in [0.25, 0.3) is 0 Å². The molecule has 1 aliphatic heterocycles. The minimum atomic E-state index is -3.76. The highest BCUT2D eigenvalue weighted by molar-refractivity contribution is 9.10. The van der Waals surface area contributed by atoms with E-state index in [2.05, 4.69) is 21.0 Å². The second kappa shape index (κ2) is 8.82. The van der Waals surface area contributed by atoms with Crippen LogP contribution in [-0.4, -0.2) is 58.4 Å². The summed E-state index contributed by atoms with van der Waals surface area (Å²) in [5.41, 5.74) is 0.713. The van der Waals surface area contributed by atoms with E-state index in [-0.39, 0.29) is 35.5 Å². The number of sulfonamides is 1. The fourth-order valence-corrected chi connectivity index (χ4v) is 5.40. The van der Waals surface area contributed by atoms with Crippen LogP contribution in [0.5, 0.6) is 0 Å². The third-order valence-electron chi connectivity index (χ3n) is 5.26. The average molecular weight is 500 g/mol. The van der Waals surface area contributed by atoms with E-state index in [0.717, 1.165) is 10.2 Å². The summed E-state index contributed by atoms with van der Waals surface area (Å²) in [6.45, 7) is 0.842. The summed E-state index contributed by atoms with van der Waals surface area (Å²) in [4.78, 5) is 24.6. The predicted molar refractivity (Wildman–Crippen MR) is 112 cm³/mol. The lowest BCUT2D eigenvalue weighted by Crippen LogP contribution is -2.43. The van der Waals surface area contributed by atoms with Gasteiger partial charge in [-0.15, -0.1) is 0 Å². The molecule has 30 heavy (non-hydrogen) atoms. The number of non-ortho nitro benzene ring substituents is 1. The molecule has 0 spiro atoms. The zero-order valence-corrected chi connectivity index (χ0v) is 19.0. The van der Waals surface area contributed by atoms with Crippen LogP contribution in [0.2, 0.25) is 0 Å². The standard InChI is InChI=1S/C18H22BrN5O5S/c1-21(12-17-16(19)11-20-22(17)2)18(25)13-7-9-23(10-8-13)30(28,29)15-5-3-14(4-6-15)24(26)27/h3-6,11,13H,7-10,12H2,1-2H3. The third-order valence-corrected chi connectivity index (χ3v) is 7.84. The van der Waals surface area contributed by atoms with Crippen molar-refractivity contribution >= 4 is 37.5 Å². The summed E-state index contributed by atoms with van der Waals surface area (Å²) in [5, 5.41) is 14.9. The Hall–Kier alpha value is -2.31. The Morgan fingerprint density at radius 2 is 1.90 bits per heavy atom. The fraction of sp³-hybridized carbons (Fsp3) is 0.444. The molecule has 1 aromatic heterocycles. The van der Waals surface area contributed by atoms with Crippen molar-refractivity contribution < 1.29 is 18.1 Å². The molecular formula is C18H22BrN5O5S. The number of nitrogens with zero attached hydrogens (tertiary/aromatic N) is 5. The summed E-state index contributed by atoms with van der Waals surface area (Å²) in [5.74, 6) is -0.291. The molecule has 1 aromatic carbocycles. The zero-order chi connectivity index (χ0) is 22.1. The van der Waals surface area contributed by atoms with Crippen LogP contribution in [0.4, 0.5) is 5.69 Å². The Morgan fingerprint density at radius 3 is 2.40 bits per heavy atom. The van der Waals surface area contributed by atoms with Crippen molar-refractivity contribution in [3.63, 3.8) is 0 Å². The van der Waals surface area contributed by atoms with Gasteiger partial charge in [-0.2, -0.15) is 9.40 Å². The highest BCUT2D eigenvalue weighted by Crippen LogP contribution is 2.27. The highest BCUT2D eigenvalue weighted by atomic mass is 79.9. The summed E-state index contributed by atoms with van der Waals surface area (Å²) in [6.07, 6.45) is 2.51. The van der Waals surface area contributed by atoms with Crippen molar-refractivity contribution in [1.82, 2.24) is 19.0 Å². The van der Waals surface area contributed by atoms with Gasteiger partial charge in [-0.1, -0.05) is 0 Å². The van der Waals surface area contributed by atoms with Crippen LogP contribution in [0, 0.1) is 16.0 Å². The number of hydrogen-bond acceptors (Lipinski definition) is 6. The molecular weight excluding hydrogens is 478 g/mol. The summed E-state index contributed by atoms with van der Waals surface area (Å²) in [7, 11) is -0.229. The Kier molecular flexibility index (Phi) is 6.58. The van der Waals surface area contributed by atoms with Crippen LogP contribution in [0.3, 0.4) is 0 Å². The molecule has 1 saturated heterocycles. The van der Waals surface area contributed by atoms with Crippen molar-refractivity contribution in [3.05, 3.63) is 50.7 Å². The molecule has 0 atom stereocenters. The summed E-state index contributed by atoms with van der Waals surface area (Å²) < 4.78 is 29.5. The highest BCUT2D eigenvalue weighted by Gasteiger charge is 2.33. The maximum absolute atomic E-state index is 12.8. The number of carbonyl (C=O) groups is 1. The van der Waals surface area contributed by atoms with E-state index < -0.39 is 14.9 Å². The van der Waals surface area contributed by atoms with Gasteiger partial charge in [0.2, 0.25) is 15.9 Å². The van der Waals surface area contributed by atoms with Crippen molar-refractivity contribution in [2.24, 2.45) is 13.0 Å². The molecule has 0 unspecified atom stereocenters. The maximum Gasteiger partial charge on any atom is 0.269 e. The number of nitro benzene ring substituents is 1. The molecule has 1 aliphatic rings. The molecule has 0 radical (unpaired) electrons. The molecule has 0 bridgehead atoms. The first-order valence-corrected chi connectivity index (χ1v) is 11.5. The van der Waals surface area contributed by atoms with Gasteiger partial charge in [-0.05, 0) is 40.9 Å². The van der Waals surface area contributed by atoms with E-state index in [9.17, 15) is 23.3 Å². The summed E-state index contributed by atoms with van der Waals surface area (Å²) >= 11 is 3.42. The molecule has 1 fully saturated rings. The Bertz CT molecular complexity index is 1030. The molecule has 2 heterocycles. The van der Waals surface area contributed by atoms with Gasteiger partial charge >= 0.3 is 0 Å². The monoisotopic (exact) mass is 499 g/mol. The Labute approximate surface area is 182 Å². The van der Waals surface area contributed by atoms with E-state index in [1.165, 1.54) is 28.6 Å². The number of amides is 1. The quantitative estimate of drug-likeness (QED) is 0.443. The number of hydrogen-bond donors (Lipinski definition) is 0. The smallest absolute Gasteiger partial charge is 0.269 e. The molecule has 3 rings (SSSR count). The number of nitro groups is 1. The fourth-order valence-electron chi connectivity index (χ4n) is 3.46. The van der Waals surface area contributed by atoms with E-state index in [1.54, 1.807) is 29.9 Å². The number of carbonyl (C=O) groups excluding carboxylic acids is 1. The largest absolute Gasteiger partial charge is 0.340 e. The first kappa shape index (κ1) is 22.4. The lowest BCUT2D eigenvalue weighted by atomic mass is 9.96. The molecule has 2 aromatic rings. The molecule has 1 amide bonds. The van der Waals surface area contributed by atoms with E-state index >= 15 is 0 Å². The van der Waals surface area contributed by atoms with Gasteiger partial charge in [-0.3, -0.25) is 19.6 Å². The van der Waals surface area contributed by atoms with Gasteiger partial charge in [-0.25, -0.2) is 8.42 Å². The first-order chi connectivity index (χ1) is 14.1. The second-order valence-electron chi connectivity index (χ2n) is 7.19. The minimum absolute atomic E-state index is 0.0102. The summed E-state index contributed by atoms with van der Waals surface area (Å²) in [6, 6.07) is 4.83. The van der Waals surface area contributed by atoms with Crippen LogP contribution >= 0.6 is 15.9 Å². The lowest BCUT2D eigenvalue weighted by Gasteiger charge is -2.32. The van der Waals surface area contributed by atoms with Gasteiger partial charge in [0.1, 0.15) is 0 Å². The lowest BCUT2D eigenvalue weighted by molar-refractivity contribution is -0.384. The molecule has 12 heteroatoms. The third kappa shape index (κ3) is 4.55. The van der Waals surface area contributed by atoms with Crippen LogP contribution in [-0.2, 0) is 28.4 Å². The van der Waals surface area contributed by atoms with Gasteiger partial charge in [0.15, 0.2) is 0 Å². The van der Waals surface area contributed by atoms with Crippen molar-refractivity contribution in [2.75, 3.05) is 20.1 Å². The topological polar surface area (TPSA) is 119 Å². The van der Waals surface area contributed by atoms with Crippen molar-refractivity contribution in [2.45, 2.75) is 24.3 Å². The minimum Gasteiger partial charge on any atom is -0.340 e. The molecule has 0 saturated carbocycles.